The summed E-state index contributed by atoms with van der Waals surface area (Å²) in [7, 11) is 1.61. The summed E-state index contributed by atoms with van der Waals surface area (Å²) >= 11 is 0. The number of pyridine rings is 2. The van der Waals surface area contributed by atoms with E-state index in [2.05, 4.69) is 35.3 Å². The van der Waals surface area contributed by atoms with Crippen LogP contribution >= 0.6 is 0 Å². The summed E-state index contributed by atoms with van der Waals surface area (Å²) in [6, 6.07) is 8.42. The maximum absolute atomic E-state index is 12.2. The van der Waals surface area contributed by atoms with Crippen molar-refractivity contribution in [3.8, 4) is 0 Å². The van der Waals surface area contributed by atoms with E-state index in [0.29, 0.717) is 30.7 Å². The summed E-state index contributed by atoms with van der Waals surface area (Å²) in [6.07, 6.45) is 4.74. The maximum atomic E-state index is 12.2. The van der Waals surface area contributed by atoms with Crippen molar-refractivity contribution < 1.29 is 4.79 Å². The molecule has 3 aromatic rings. The lowest BCUT2D eigenvalue weighted by molar-refractivity contribution is 0.0647. The van der Waals surface area contributed by atoms with Gasteiger partial charge in [-0.05, 0) is 43.5 Å². The number of aromatic amines is 1. The third-order valence-corrected chi connectivity index (χ3v) is 6.71. The zero-order valence-electron chi connectivity index (χ0n) is 18.3. The number of carbonyl (C=O) groups is 1. The number of anilines is 1. The molecule has 2 atom stereocenters. The molecule has 5 rings (SSSR count). The number of rotatable bonds is 5. The fraction of sp³-hybridized carbons (Fsp3) is 0.435. The molecule has 9 nitrogen and oxygen atoms in total. The number of H-pyrrole nitrogens is 1. The standard InChI is InChI=1S/C23H27N7O2/c1-3-14-10-19-18(26-22(14)31)11-15(27-28-19)13-29-8-9-30(21-7-6-20(21)29)16-4-5-17(25-12-16)23(32)24-2/h4-5,10-12,20-21H,3,6-9,13H2,1-2H3,(H,24,32)(H,26,31)/t20-,21+/m0/s1. The van der Waals surface area contributed by atoms with Crippen molar-refractivity contribution >= 4 is 22.6 Å². The largest absolute Gasteiger partial charge is 0.364 e. The van der Waals surface area contributed by atoms with Crippen molar-refractivity contribution in [1.82, 2.24) is 30.4 Å². The second kappa shape index (κ2) is 8.31. The Balaban J connectivity index is 1.30. The highest BCUT2D eigenvalue weighted by Crippen LogP contribution is 2.37. The fourth-order valence-corrected chi connectivity index (χ4v) is 4.79. The van der Waals surface area contributed by atoms with Gasteiger partial charge in [-0.15, -0.1) is 5.10 Å². The molecule has 1 aliphatic carbocycles. The Kier molecular flexibility index (Phi) is 5.34. The molecule has 1 saturated heterocycles. The second-order valence-electron chi connectivity index (χ2n) is 8.47. The highest BCUT2D eigenvalue weighted by Gasteiger charge is 2.43. The number of piperazine rings is 1. The van der Waals surface area contributed by atoms with Crippen molar-refractivity contribution in [1.29, 1.82) is 0 Å². The van der Waals surface area contributed by atoms with Crippen LogP contribution in [-0.4, -0.2) is 63.2 Å². The zero-order chi connectivity index (χ0) is 22.2. The lowest BCUT2D eigenvalue weighted by Crippen LogP contribution is -2.64. The number of carbonyl (C=O) groups excluding carboxylic acids is 1. The van der Waals surface area contributed by atoms with Crippen LogP contribution in [-0.2, 0) is 13.0 Å². The van der Waals surface area contributed by atoms with E-state index in [9.17, 15) is 9.59 Å². The normalized spacial score (nSPS) is 20.6. The summed E-state index contributed by atoms with van der Waals surface area (Å²) < 4.78 is 0. The van der Waals surface area contributed by atoms with Crippen LogP contribution in [0.1, 0.15) is 41.5 Å². The minimum Gasteiger partial charge on any atom is -0.364 e. The number of hydrogen-bond acceptors (Lipinski definition) is 7. The van der Waals surface area contributed by atoms with Crippen molar-refractivity contribution in [3.63, 3.8) is 0 Å². The van der Waals surface area contributed by atoms with Gasteiger partial charge in [-0.25, -0.2) is 4.98 Å². The Morgan fingerprint density at radius 2 is 2.03 bits per heavy atom. The molecule has 4 heterocycles. The van der Waals surface area contributed by atoms with Crippen LogP contribution in [0.15, 0.2) is 35.3 Å². The third kappa shape index (κ3) is 3.62. The number of hydrogen-bond donors (Lipinski definition) is 2. The minimum absolute atomic E-state index is 0.0531. The van der Waals surface area contributed by atoms with E-state index in [1.54, 1.807) is 19.3 Å². The Morgan fingerprint density at radius 3 is 2.72 bits per heavy atom. The van der Waals surface area contributed by atoms with Crippen LogP contribution < -0.4 is 15.8 Å². The topological polar surface area (TPSA) is 107 Å². The Hall–Kier alpha value is -3.33. The minimum atomic E-state index is -0.174. The first-order valence-corrected chi connectivity index (χ1v) is 11.1. The van der Waals surface area contributed by atoms with Gasteiger partial charge >= 0.3 is 0 Å². The molecule has 9 heteroatoms. The van der Waals surface area contributed by atoms with Crippen molar-refractivity contribution in [2.75, 3.05) is 25.0 Å². The van der Waals surface area contributed by atoms with Gasteiger partial charge in [0.05, 0.1) is 23.1 Å². The molecule has 0 spiro atoms. The SMILES string of the molecule is CCc1cc2nnc(CN3CCN(c4ccc(C(=O)NC)nc4)[C@@H]4CC[C@@H]43)cc2[nH]c1=O. The van der Waals surface area contributed by atoms with Gasteiger partial charge < -0.3 is 15.2 Å². The molecule has 0 unspecified atom stereocenters. The van der Waals surface area contributed by atoms with Crippen molar-refractivity contribution in [2.24, 2.45) is 0 Å². The number of nitrogens with zero attached hydrogens (tertiary/aromatic N) is 5. The van der Waals surface area contributed by atoms with E-state index in [4.69, 9.17) is 0 Å². The number of aromatic nitrogens is 4. The van der Waals surface area contributed by atoms with Crippen LogP contribution in [0.5, 0.6) is 0 Å². The summed E-state index contributed by atoms with van der Waals surface area (Å²) in [6.45, 7) is 4.46. The molecule has 2 aliphatic rings. The average molecular weight is 434 g/mol. The Morgan fingerprint density at radius 1 is 1.19 bits per heavy atom. The van der Waals surface area contributed by atoms with Gasteiger partial charge in [0.15, 0.2) is 0 Å². The average Bonchev–Trinajstić information content (AvgIpc) is 2.79. The summed E-state index contributed by atoms with van der Waals surface area (Å²) in [5, 5.41) is 11.4. The predicted octanol–water partition coefficient (Wildman–Crippen LogP) is 1.49. The zero-order valence-corrected chi connectivity index (χ0v) is 18.3. The molecule has 1 aliphatic heterocycles. The lowest BCUT2D eigenvalue weighted by atomic mass is 9.81. The molecule has 0 bridgehead atoms. The van der Waals surface area contributed by atoms with E-state index >= 15 is 0 Å². The Bertz CT molecular complexity index is 1210. The van der Waals surface area contributed by atoms with Crippen LogP contribution in [0, 0.1) is 0 Å². The second-order valence-corrected chi connectivity index (χ2v) is 8.47. The van der Waals surface area contributed by atoms with Crippen LogP contribution in [0.25, 0.3) is 11.0 Å². The van der Waals surface area contributed by atoms with E-state index in [1.807, 2.05) is 25.1 Å². The number of nitrogens with one attached hydrogen (secondary N) is 2. The molecule has 0 aromatic carbocycles. The molecule has 32 heavy (non-hydrogen) atoms. The van der Waals surface area contributed by atoms with Gasteiger partial charge in [0.1, 0.15) is 11.2 Å². The van der Waals surface area contributed by atoms with Gasteiger partial charge in [-0.1, -0.05) is 6.92 Å². The van der Waals surface area contributed by atoms with Gasteiger partial charge in [0, 0.05) is 44.3 Å². The first kappa shape index (κ1) is 20.6. The lowest BCUT2D eigenvalue weighted by Gasteiger charge is -2.54. The number of amides is 1. The fourth-order valence-electron chi connectivity index (χ4n) is 4.79. The summed E-state index contributed by atoms with van der Waals surface area (Å²) in [4.78, 5) is 36.1. The first-order chi connectivity index (χ1) is 15.6. The Labute approximate surface area is 185 Å². The number of fused-ring (bicyclic) bond motifs is 2. The highest BCUT2D eigenvalue weighted by molar-refractivity contribution is 5.92. The molecule has 1 amide bonds. The molecule has 2 fully saturated rings. The predicted molar refractivity (Wildman–Crippen MR) is 122 cm³/mol. The molecular formula is C23H27N7O2. The smallest absolute Gasteiger partial charge is 0.269 e. The molecule has 3 aromatic heterocycles. The highest BCUT2D eigenvalue weighted by atomic mass is 16.1. The molecule has 1 saturated carbocycles. The van der Waals surface area contributed by atoms with Crippen molar-refractivity contribution in [3.05, 3.63) is 57.8 Å². The maximum Gasteiger partial charge on any atom is 0.269 e. The van der Waals surface area contributed by atoms with E-state index in [0.717, 1.165) is 53.9 Å². The van der Waals surface area contributed by atoms with E-state index in [-0.39, 0.29) is 11.5 Å². The monoisotopic (exact) mass is 433 g/mol. The number of aryl methyl sites for hydroxylation is 1. The van der Waals surface area contributed by atoms with Crippen LogP contribution in [0.3, 0.4) is 0 Å². The first-order valence-electron chi connectivity index (χ1n) is 11.1. The molecule has 2 N–H and O–H groups in total. The van der Waals surface area contributed by atoms with Gasteiger partial charge in [0.25, 0.3) is 11.5 Å². The molecule has 166 valence electrons. The summed E-state index contributed by atoms with van der Waals surface area (Å²) in [5.74, 6) is -0.174. The third-order valence-electron chi connectivity index (χ3n) is 6.71. The van der Waals surface area contributed by atoms with Crippen LogP contribution in [0.4, 0.5) is 5.69 Å². The summed E-state index contributed by atoms with van der Waals surface area (Å²) in [5.41, 5.74) is 4.50. The molecular weight excluding hydrogens is 406 g/mol. The van der Waals surface area contributed by atoms with Crippen LogP contribution in [0.2, 0.25) is 0 Å². The van der Waals surface area contributed by atoms with Crippen molar-refractivity contribution in [2.45, 2.75) is 44.8 Å². The van der Waals surface area contributed by atoms with E-state index in [1.165, 1.54) is 0 Å². The molecule has 0 radical (unpaired) electrons. The van der Waals surface area contributed by atoms with Gasteiger partial charge in [-0.2, -0.15) is 5.10 Å². The van der Waals surface area contributed by atoms with Gasteiger partial charge in [0.2, 0.25) is 0 Å². The van der Waals surface area contributed by atoms with E-state index < -0.39 is 0 Å². The quantitative estimate of drug-likeness (QED) is 0.628. The van der Waals surface area contributed by atoms with Gasteiger partial charge in [-0.3, -0.25) is 14.5 Å².